The number of aliphatic hydroxyl groups is 4. The number of allylic oxidation sites excluding steroid dienone is 3. The average molecular weight is 687 g/mol. The minimum atomic E-state index is -1.89. The van der Waals surface area contributed by atoms with E-state index in [4.69, 9.17) is 23.7 Å². The monoisotopic (exact) mass is 686 g/mol. The van der Waals surface area contributed by atoms with Gasteiger partial charge in [-0.2, -0.15) is 0 Å². The largest absolute Gasteiger partial charge is 0.462 e. The highest BCUT2D eigenvalue weighted by atomic mass is 16.7. The van der Waals surface area contributed by atoms with Gasteiger partial charge in [-0.25, -0.2) is 0 Å². The summed E-state index contributed by atoms with van der Waals surface area (Å²) in [7, 11) is 0. The molecule has 0 amide bonds. The van der Waals surface area contributed by atoms with Gasteiger partial charge in [0, 0.05) is 24.7 Å². The lowest BCUT2D eigenvalue weighted by Gasteiger charge is -2.54. The number of aliphatic hydroxyl groups excluding tert-OH is 3. The average Bonchev–Trinajstić information content (AvgIpc) is 3.40. The van der Waals surface area contributed by atoms with Gasteiger partial charge in [0.05, 0.1) is 30.8 Å². The van der Waals surface area contributed by atoms with Crippen LogP contribution in [0.1, 0.15) is 74.7 Å². The molecule has 0 saturated carbocycles. The van der Waals surface area contributed by atoms with Crippen molar-refractivity contribution < 1.29 is 53.7 Å². The molecule has 1 aliphatic carbocycles. The maximum Gasteiger partial charge on any atom is 0.316 e. The molecule has 0 aromatic heterocycles. The smallest absolute Gasteiger partial charge is 0.316 e. The van der Waals surface area contributed by atoms with E-state index in [0.717, 1.165) is 5.57 Å². The highest BCUT2D eigenvalue weighted by molar-refractivity contribution is 5.78. The fourth-order valence-corrected chi connectivity index (χ4v) is 7.80. The lowest BCUT2D eigenvalue weighted by Crippen LogP contribution is -2.67. The van der Waals surface area contributed by atoms with Crippen LogP contribution < -0.4 is 0 Å². The van der Waals surface area contributed by atoms with Crippen LogP contribution in [0.15, 0.2) is 58.7 Å². The van der Waals surface area contributed by atoms with Gasteiger partial charge in [-0.05, 0) is 56.4 Å². The molecule has 4 aliphatic heterocycles. The van der Waals surface area contributed by atoms with Crippen molar-refractivity contribution in [1.82, 2.24) is 0 Å². The Hall–Kier alpha value is -2.64. The molecule has 13 atom stereocenters. The Kier molecular flexibility index (Phi) is 11.2. The topological polar surface area (TPSA) is 161 Å². The van der Waals surface area contributed by atoms with Gasteiger partial charge >= 0.3 is 11.9 Å². The summed E-state index contributed by atoms with van der Waals surface area (Å²) in [6.07, 6.45) is 3.46. The molecule has 3 saturated heterocycles. The van der Waals surface area contributed by atoms with E-state index >= 15 is 0 Å². The van der Waals surface area contributed by atoms with Crippen LogP contribution in [0.25, 0.3) is 0 Å². The van der Waals surface area contributed by atoms with Crippen molar-refractivity contribution >= 4 is 11.9 Å². The summed E-state index contributed by atoms with van der Waals surface area (Å²) in [5.41, 5.74) is 0.547. The van der Waals surface area contributed by atoms with Crippen LogP contribution in [-0.4, -0.2) is 99.2 Å². The summed E-state index contributed by atoms with van der Waals surface area (Å²) in [4.78, 5) is 27.1. The molecule has 0 radical (unpaired) electrons. The first kappa shape index (κ1) is 37.6. The highest BCUT2D eigenvalue weighted by Gasteiger charge is 2.62. The summed E-state index contributed by atoms with van der Waals surface area (Å²) in [5.74, 6) is -5.28. The van der Waals surface area contributed by atoms with Crippen LogP contribution in [0.4, 0.5) is 0 Å². The second-order valence-corrected chi connectivity index (χ2v) is 14.9. The molecule has 3 fully saturated rings. The Labute approximate surface area is 289 Å². The normalized spacial score (nSPS) is 43.4. The third-order valence-corrected chi connectivity index (χ3v) is 11.1. The lowest BCUT2D eigenvalue weighted by atomic mass is 9.71. The van der Waals surface area contributed by atoms with E-state index in [1.165, 1.54) is 6.08 Å². The number of hydrogen-bond donors (Lipinski definition) is 4. The summed E-state index contributed by atoms with van der Waals surface area (Å²) >= 11 is 0. The molecule has 2 bridgehead atoms. The number of hydrogen-bond acceptors (Lipinski definition) is 11. The number of ether oxygens (including phenoxy) is 5. The minimum absolute atomic E-state index is 0.00776. The van der Waals surface area contributed by atoms with Crippen LogP contribution in [0.2, 0.25) is 0 Å². The van der Waals surface area contributed by atoms with Crippen molar-refractivity contribution in [2.75, 3.05) is 6.61 Å². The summed E-state index contributed by atoms with van der Waals surface area (Å²) in [5, 5.41) is 46.4. The molecule has 49 heavy (non-hydrogen) atoms. The van der Waals surface area contributed by atoms with E-state index in [-0.39, 0.29) is 25.4 Å². The summed E-state index contributed by atoms with van der Waals surface area (Å²) in [6, 6.07) is 0. The van der Waals surface area contributed by atoms with Crippen LogP contribution >= 0.6 is 0 Å². The number of fused-ring (bicyclic) bond motifs is 2. The van der Waals surface area contributed by atoms with E-state index in [9.17, 15) is 30.0 Å². The van der Waals surface area contributed by atoms with Gasteiger partial charge in [-0.1, -0.05) is 64.2 Å². The number of carbonyl (C=O) groups is 2. The fraction of sp³-hybridized carbons (Fsp3) is 0.684. The first-order chi connectivity index (χ1) is 23.0. The molecule has 5 rings (SSSR count). The minimum Gasteiger partial charge on any atom is -0.462 e. The van der Waals surface area contributed by atoms with Crippen molar-refractivity contribution in [1.29, 1.82) is 0 Å². The molecule has 4 heterocycles. The zero-order valence-electron chi connectivity index (χ0n) is 29.9. The fourth-order valence-electron chi connectivity index (χ4n) is 7.80. The van der Waals surface area contributed by atoms with Gasteiger partial charge in [0.1, 0.15) is 42.0 Å². The Morgan fingerprint density at radius 3 is 2.47 bits per heavy atom. The number of carbonyl (C=O) groups excluding carboxylic acids is 2. The maximum absolute atomic E-state index is 14.2. The van der Waals surface area contributed by atoms with Crippen molar-refractivity contribution in [3.63, 3.8) is 0 Å². The highest BCUT2D eigenvalue weighted by Crippen LogP contribution is 2.48. The first-order valence-electron chi connectivity index (χ1n) is 17.5. The molecule has 13 unspecified atom stereocenters. The quantitative estimate of drug-likeness (QED) is 0.254. The molecule has 272 valence electrons. The zero-order valence-corrected chi connectivity index (χ0v) is 29.9. The van der Waals surface area contributed by atoms with Crippen molar-refractivity contribution in [3.05, 3.63) is 58.7 Å². The molecule has 1 spiro atoms. The van der Waals surface area contributed by atoms with Gasteiger partial charge in [-0.3, -0.25) is 9.59 Å². The van der Waals surface area contributed by atoms with E-state index < -0.39 is 89.9 Å². The predicted molar refractivity (Wildman–Crippen MR) is 180 cm³/mol. The van der Waals surface area contributed by atoms with Gasteiger partial charge in [0.15, 0.2) is 0 Å². The zero-order chi connectivity index (χ0) is 36.0. The van der Waals surface area contributed by atoms with Gasteiger partial charge in [-0.15, -0.1) is 0 Å². The van der Waals surface area contributed by atoms with E-state index in [1.54, 1.807) is 32.9 Å². The Morgan fingerprint density at radius 2 is 1.80 bits per heavy atom. The molecule has 0 aromatic carbocycles. The molecule has 11 heteroatoms. The number of esters is 2. The van der Waals surface area contributed by atoms with Crippen LogP contribution in [0.5, 0.6) is 0 Å². The number of rotatable bonds is 3. The van der Waals surface area contributed by atoms with Crippen LogP contribution in [0.3, 0.4) is 0 Å². The van der Waals surface area contributed by atoms with Gasteiger partial charge in [0.25, 0.3) is 0 Å². The Balaban J connectivity index is 1.59. The van der Waals surface area contributed by atoms with Crippen molar-refractivity contribution in [2.45, 2.75) is 135 Å². The van der Waals surface area contributed by atoms with Crippen molar-refractivity contribution in [2.24, 2.45) is 23.7 Å². The summed E-state index contributed by atoms with van der Waals surface area (Å²) < 4.78 is 31.4. The maximum atomic E-state index is 14.2. The Morgan fingerprint density at radius 1 is 1.08 bits per heavy atom. The van der Waals surface area contributed by atoms with Crippen LogP contribution in [-0.2, 0) is 33.3 Å². The van der Waals surface area contributed by atoms with E-state index in [2.05, 4.69) is 0 Å². The van der Waals surface area contributed by atoms with Crippen molar-refractivity contribution in [3.8, 4) is 0 Å². The molecular formula is C38H54O11. The molecule has 4 N–H and O–H groups in total. The molecule has 5 aliphatic rings. The van der Waals surface area contributed by atoms with Crippen LogP contribution in [0, 0.1) is 23.7 Å². The second-order valence-electron chi connectivity index (χ2n) is 14.9. The SMILES string of the molecule is CC=C(C)C1OC2(CC3CC(CC=C(C)C(O)C(C)C=CC=C4COC5C(O)C(C)=CC(C(=O)O3)C45O)O2)C(O)C(OC(=O)C(C)C)C1C. The van der Waals surface area contributed by atoms with E-state index in [0.29, 0.717) is 23.1 Å². The molecule has 11 nitrogen and oxygen atoms in total. The lowest BCUT2D eigenvalue weighted by molar-refractivity contribution is -0.380. The summed E-state index contributed by atoms with van der Waals surface area (Å²) in [6.45, 7) is 14.4. The van der Waals surface area contributed by atoms with Gasteiger partial charge in [0.2, 0.25) is 5.79 Å². The predicted octanol–water partition coefficient (Wildman–Crippen LogP) is 3.60. The Bertz CT molecular complexity index is 1430. The van der Waals surface area contributed by atoms with Gasteiger partial charge < -0.3 is 44.1 Å². The molecular weight excluding hydrogens is 632 g/mol. The third-order valence-electron chi connectivity index (χ3n) is 11.1. The standard InChI is InChI=1S/C38H54O11/c1-9-20(4)31-24(8)32(47-35(42)19(2)3)33(41)37(49-31)17-27-16-26(48-37)14-13-22(6)29(39)21(5)11-10-12-25-18-45-34-30(40)23(7)15-28(36(43)46-27)38(25,34)44/h9-13,15,19,21,24,26-34,39-41,44H,14,16-18H2,1-8H3. The first-order valence-corrected chi connectivity index (χ1v) is 17.5. The third kappa shape index (κ3) is 7.00. The second kappa shape index (κ2) is 14.5. The molecule has 0 aromatic rings. The van der Waals surface area contributed by atoms with E-state index in [1.807, 2.05) is 52.8 Å².